The van der Waals surface area contributed by atoms with Gasteiger partial charge in [0.25, 0.3) is 5.91 Å². The molecule has 4 aromatic rings. The molecular weight excluding hydrogens is 455 g/mol. The van der Waals surface area contributed by atoms with E-state index in [1.807, 2.05) is 35.0 Å². The number of anilines is 2. The van der Waals surface area contributed by atoms with E-state index in [2.05, 4.69) is 15.6 Å². The van der Waals surface area contributed by atoms with Gasteiger partial charge < -0.3 is 15.4 Å². The molecule has 3 aromatic carbocycles. The smallest absolute Gasteiger partial charge is 0.257 e. The zero-order valence-electron chi connectivity index (χ0n) is 18.2. The fourth-order valence-corrected chi connectivity index (χ4v) is 3.96. The molecule has 0 saturated heterocycles. The number of thioether (sulfide) groups is 1. The first-order valence-electron chi connectivity index (χ1n) is 10.3. The van der Waals surface area contributed by atoms with E-state index in [-0.39, 0.29) is 11.7 Å². The van der Waals surface area contributed by atoms with E-state index in [1.165, 1.54) is 36.0 Å². The highest BCUT2D eigenvalue weighted by molar-refractivity contribution is 7.99. The number of carbonyl (C=O) groups is 2. The summed E-state index contributed by atoms with van der Waals surface area (Å²) in [5.74, 6) is -0.281. The highest BCUT2D eigenvalue weighted by atomic mass is 32.2. The van der Waals surface area contributed by atoms with Gasteiger partial charge in [-0.05, 0) is 48.5 Å². The van der Waals surface area contributed by atoms with Gasteiger partial charge in [0, 0.05) is 24.1 Å². The lowest BCUT2D eigenvalue weighted by Gasteiger charge is -2.12. The largest absolute Gasteiger partial charge is 0.497 e. The van der Waals surface area contributed by atoms with Gasteiger partial charge in [-0.2, -0.15) is 0 Å². The molecule has 4 rings (SSSR count). The van der Waals surface area contributed by atoms with Gasteiger partial charge in [-0.3, -0.25) is 14.2 Å². The molecule has 0 bridgehead atoms. The summed E-state index contributed by atoms with van der Waals surface area (Å²) in [6.45, 7) is 0. The summed E-state index contributed by atoms with van der Waals surface area (Å²) in [4.78, 5) is 29.7. The first-order valence-corrected chi connectivity index (χ1v) is 11.3. The van der Waals surface area contributed by atoms with Crippen molar-refractivity contribution in [3.63, 3.8) is 0 Å². The maximum Gasteiger partial charge on any atom is 0.257 e. The van der Waals surface area contributed by atoms with E-state index in [0.29, 0.717) is 22.1 Å². The van der Waals surface area contributed by atoms with Gasteiger partial charge in [-0.1, -0.05) is 30.0 Å². The number of carbonyl (C=O) groups excluding carboxylic acids is 2. The minimum Gasteiger partial charge on any atom is -0.497 e. The standard InChI is InChI=1S/C25H21FN4O3S/c1-33-20-6-4-5-19(15-20)30-14-13-27-25(30)34-16-23(31)29-22-8-3-2-7-21(22)24(32)28-18-11-9-17(26)10-12-18/h2-15H,16H2,1H3,(H,28,32)(H,29,31). The second-order valence-electron chi connectivity index (χ2n) is 7.12. The van der Waals surface area contributed by atoms with Crippen LogP contribution in [0.3, 0.4) is 0 Å². The number of rotatable bonds is 8. The predicted octanol–water partition coefficient (Wildman–Crippen LogP) is 5.00. The number of hydrogen-bond donors (Lipinski definition) is 2. The molecule has 0 saturated carbocycles. The lowest BCUT2D eigenvalue weighted by molar-refractivity contribution is -0.113. The summed E-state index contributed by atoms with van der Waals surface area (Å²) in [6, 6.07) is 19.7. The van der Waals surface area contributed by atoms with Crippen molar-refractivity contribution in [2.75, 3.05) is 23.5 Å². The third kappa shape index (κ3) is 5.62. The number of para-hydroxylation sites is 1. The summed E-state index contributed by atoms with van der Waals surface area (Å²) < 4.78 is 20.3. The van der Waals surface area contributed by atoms with Crippen molar-refractivity contribution >= 4 is 35.0 Å². The molecule has 0 atom stereocenters. The molecule has 1 heterocycles. The Balaban J connectivity index is 1.41. The fraction of sp³-hybridized carbons (Fsp3) is 0.0800. The zero-order valence-corrected chi connectivity index (χ0v) is 19.0. The minimum absolute atomic E-state index is 0.0922. The van der Waals surface area contributed by atoms with Crippen molar-refractivity contribution in [1.29, 1.82) is 0 Å². The summed E-state index contributed by atoms with van der Waals surface area (Å²) in [5, 5.41) is 6.14. The molecule has 0 radical (unpaired) electrons. The molecule has 34 heavy (non-hydrogen) atoms. The first-order chi connectivity index (χ1) is 16.5. The molecule has 2 amide bonds. The van der Waals surface area contributed by atoms with E-state index in [4.69, 9.17) is 4.74 Å². The number of aromatic nitrogens is 2. The third-order valence-corrected chi connectivity index (χ3v) is 5.79. The summed E-state index contributed by atoms with van der Waals surface area (Å²) >= 11 is 1.27. The Kier molecular flexibility index (Phi) is 7.24. The van der Waals surface area contributed by atoms with Crippen LogP contribution in [0.2, 0.25) is 0 Å². The van der Waals surface area contributed by atoms with Crippen molar-refractivity contribution in [3.05, 3.63) is 96.6 Å². The van der Waals surface area contributed by atoms with E-state index in [0.717, 1.165) is 11.4 Å². The maximum atomic E-state index is 13.1. The predicted molar refractivity (Wildman–Crippen MR) is 130 cm³/mol. The molecule has 0 unspecified atom stereocenters. The Morgan fingerprint density at radius 3 is 2.62 bits per heavy atom. The van der Waals surface area contributed by atoms with Gasteiger partial charge in [0.1, 0.15) is 11.6 Å². The van der Waals surface area contributed by atoms with Crippen molar-refractivity contribution in [3.8, 4) is 11.4 Å². The highest BCUT2D eigenvalue weighted by Crippen LogP contribution is 2.24. The third-order valence-electron chi connectivity index (χ3n) is 4.82. The van der Waals surface area contributed by atoms with E-state index in [1.54, 1.807) is 37.6 Å². The summed E-state index contributed by atoms with van der Waals surface area (Å²) in [5.41, 5.74) is 1.99. The highest BCUT2D eigenvalue weighted by Gasteiger charge is 2.15. The van der Waals surface area contributed by atoms with Crippen LogP contribution < -0.4 is 15.4 Å². The second kappa shape index (κ2) is 10.7. The molecule has 2 N–H and O–H groups in total. The number of hydrogen-bond acceptors (Lipinski definition) is 5. The fourth-order valence-electron chi connectivity index (χ4n) is 3.19. The van der Waals surface area contributed by atoms with Gasteiger partial charge in [-0.15, -0.1) is 0 Å². The number of benzene rings is 3. The van der Waals surface area contributed by atoms with Crippen LogP contribution in [0.25, 0.3) is 5.69 Å². The number of nitrogens with one attached hydrogen (secondary N) is 2. The quantitative estimate of drug-likeness (QED) is 0.350. The van der Waals surface area contributed by atoms with Crippen LogP contribution in [0, 0.1) is 5.82 Å². The SMILES string of the molecule is COc1cccc(-n2ccnc2SCC(=O)Nc2ccccc2C(=O)Nc2ccc(F)cc2)c1. The molecular formula is C25H21FN4O3S. The lowest BCUT2D eigenvalue weighted by atomic mass is 10.1. The Bertz CT molecular complexity index is 1310. The number of amides is 2. The molecule has 1 aromatic heterocycles. The molecule has 0 aliphatic carbocycles. The van der Waals surface area contributed by atoms with E-state index < -0.39 is 11.7 Å². The molecule has 0 aliphatic heterocycles. The van der Waals surface area contributed by atoms with Crippen LogP contribution in [0.5, 0.6) is 5.75 Å². The number of halogens is 1. The zero-order chi connectivity index (χ0) is 23.9. The topological polar surface area (TPSA) is 85.2 Å². The van der Waals surface area contributed by atoms with E-state index in [9.17, 15) is 14.0 Å². The lowest BCUT2D eigenvalue weighted by Crippen LogP contribution is -2.19. The van der Waals surface area contributed by atoms with Gasteiger partial charge in [0.05, 0.1) is 29.8 Å². The average molecular weight is 477 g/mol. The van der Waals surface area contributed by atoms with Crippen LogP contribution in [0.4, 0.5) is 15.8 Å². The number of methoxy groups -OCH3 is 1. The van der Waals surface area contributed by atoms with Crippen molar-refractivity contribution in [1.82, 2.24) is 9.55 Å². The average Bonchev–Trinajstić information content (AvgIpc) is 3.33. The molecule has 0 fully saturated rings. The van der Waals surface area contributed by atoms with Gasteiger partial charge in [0.2, 0.25) is 5.91 Å². The van der Waals surface area contributed by atoms with Crippen LogP contribution in [-0.4, -0.2) is 34.2 Å². The monoisotopic (exact) mass is 476 g/mol. The summed E-state index contributed by atoms with van der Waals surface area (Å²) in [6.07, 6.45) is 3.47. The molecule has 172 valence electrons. The van der Waals surface area contributed by atoms with Crippen molar-refractivity contribution < 1.29 is 18.7 Å². The maximum absolute atomic E-state index is 13.1. The second-order valence-corrected chi connectivity index (χ2v) is 8.07. The van der Waals surface area contributed by atoms with E-state index >= 15 is 0 Å². The molecule has 0 spiro atoms. The van der Waals surface area contributed by atoms with Gasteiger partial charge in [0.15, 0.2) is 5.16 Å². The number of ether oxygens (including phenoxy) is 1. The normalized spacial score (nSPS) is 10.5. The molecule has 9 heteroatoms. The Labute approximate surface area is 200 Å². The van der Waals surface area contributed by atoms with Gasteiger partial charge in [-0.25, -0.2) is 9.37 Å². The Morgan fingerprint density at radius 2 is 1.82 bits per heavy atom. The van der Waals surface area contributed by atoms with Gasteiger partial charge >= 0.3 is 0 Å². The van der Waals surface area contributed by atoms with Crippen LogP contribution in [-0.2, 0) is 4.79 Å². The van der Waals surface area contributed by atoms with Crippen LogP contribution >= 0.6 is 11.8 Å². The van der Waals surface area contributed by atoms with Crippen molar-refractivity contribution in [2.45, 2.75) is 5.16 Å². The number of imidazole rings is 1. The summed E-state index contributed by atoms with van der Waals surface area (Å²) in [7, 11) is 1.60. The Morgan fingerprint density at radius 1 is 1.03 bits per heavy atom. The Hall–Kier alpha value is -4.11. The minimum atomic E-state index is -0.413. The van der Waals surface area contributed by atoms with Crippen molar-refractivity contribution in [2.24, 2.45) is 0 Å². The first kappa shape index (κ1) is 23.1. The molecule has 0 aliphatic rings. The van der Waals surface area contributed by atoms with Crippen LogP contribution in [0.15, 0.2) is 90.3 Å². The van der Waals surface area contributed by atoms with Crippen LogP contribution in [0.1, 0.15) is 10.4 Å². The molecule has 7 nitrogen and oxygen atoms in total. The number of nitrogens with zero attached hydrogens (tertiary/aromatic N) is 2.